The average Bonchev–Trinajstić information content (AvgIpc) is 2.62. The van der Waals surface area contributed by atoms with Crippen molar-refractivity contribution in [1.82, 2.24) is 5.32 Å². The van der Waals surface area contributed by atoms with Crippen molar-refractivity contribution in [1.29, 1.82) is 0 Å². The van der Waals surface area contributed by atoms with Crippen molar-refractivity contribution in [2.75, 3.05) is 20.3 Å². The van der Waals surface area contributed by atoms with E-state index in [2.05, 4.69) is 10.1 Å². The Morgan fingerprint density at radius 3 is 2.40 bits per heavy atom. The third-order valence-corrected chi connectivity index (χ3v) is 3.37. The molecule has 126 valence electrons. The third kappa shape index (κ3) is 6.27. The van der Waals surface area contributed by atoms with Crippen molar-refractivity contribution < 1.29 is 43.0 Å². The van der Waals surface area contributed by atoms with Crippen molar-refractivity contribution in [3.63, 3.8) is 0 Å². The van der Waals surface area contributed by atoms with Gasteiger partial charge in [0.2, 0.25) is 0 Å². The molecule has 6 nitrogen and oxygen atoms in total. The molecule has 2 rings (SSSR count). The molecule has 0 heterocycles. The van der Waals surface area contributed by atoms with Gasteiger partial charge in [-0.05, 0) is 22.8 Å². The van der Waals surface area contributed by atoms with Crippen LogP contribution in [0.3, 0.4) is 0 Å². The number of amides is 1. The molecule has 0 aliphatic heterocycles. The first-order valence-electron chi connectivity index (χ1n) is 7.41. The first-order chi connectivity index (χ1) is 11.6. The fraction of sp³-hybridized carbons (Fsp3) is 0.222. The Bertz CT molecular complexity index is 693. The first-order valence-corrected chi connectivity index (χ1v) is 7.41. The third-order valence-electron chi connectivity index (χ3n) is 3.37. The minimum Gasteiger partial charge on any atom is -0.545 e. The number of aromatic carboxylic acids is 1. The number of hydrogen-bond donors (Lipinski definition) is 1. The molecule has 2 aromatic rings. The largest absolute Gasteiger partial charge is 1.00 e. The number of rotatable bonds is 7. The number of ether oxygens (including phenoxy) is 2. The maximum atomic E-state index is 11.1. The number of carbonyl (C=O) groups excluding carboxylic acids is 2. The van der Waals surface area contributed by atoms with E-state index in [9.17, 15) is 14.7 Å². The predicted octanol–water partition coefficient (Wildman–Crippen LogP) is -1.48. The van der Waals surface area contributed by atoms with Crippen molar-refractivity contribution in [3.05, 3.63) is 71.3 Å². The van der Waals surface area contributed by atoms with E-state index >= 15 is 0 Å². The van der Waals surface area contributed by atoms with Crippen LogP contribution in [0.25, 0.3) is 0 Å². The maximum Gasteiger partial charge on any atom is 1.00 e. The SMILES string of the molecule is COC(=O)NCCOC(c1ccccc1)c1cccc(C(=O)[O-])c1.[Li+]. The topological polar surface area (TPSA) is 87.7 Å². The van der Waals surface area contributed by atoms with Gasteiger partial charge >= 0.3 is 25.0 Å². The van der Waals surface area contributed by atoms with Gasteiger partial charge in [0.05, 0.1) is 19.7 Å². The Morgan fingerprint density at radius 1 is 1.08 bits per heavy atom. The van der Waals surface area contributed by atoms with Gasteiger partial charge in [0, 0.05) is 6.54 Å². The van der Waals surface area contributed by atoms with E-state index in [0.29, 0.717) is 5.56 Å². The van der Waals surface area contributed by atoms with E-state index in [0.717, 1.165) is 5.56 Å². The molecule has 1 amide bonds. The number of carboxylic acid groups (broad SMARTS) is 1. The van der Waals surface area contributed by atoms with Crippen LogP contribution in [0.15, 0.2) is 54.6 Å². The van der Waals surface area contributed by atoms with E-state index < -0.39 is 18.2 Å². The predicted molar refractivity (Wildman–Crippen MR) is 85.4 cm³/mol. The van der Waals surface area contributed by atoms with Crippen LogP contribution in [0.4, 0.5) is 4.79 Å². The Balaban J connectivity index is 0.00000312. The average molecular weight is 335 g/mol. The van der Waals surface area contributed by atoms with Crippen molar-refractivity contribution in [2.24, 2.45) is 0 Å². The number of nitrogens with one attached hydrogen (secondary N) is 1. The quantitative estimate of drug-likeness (QED) is 0.492. The number of benzene rings is 2. The molecule has 0 aromatic heterocycles. The van der Waals surface area contributed by atoms with Gasteiger partial charge in [0.15, 0.2) is 0 Å². The van der Waals surface area contributed by atoms with Crippen molar-refractivity contribution >= 4 is 12.1 Å². The minimum absolute atomic E-state index is 0. The van der Waals surface area contributed by atoms with Gasteiger partial charge in [-0.15, -0.1) is 0 Å². The molecule has 0 radical (unpaired) electrons. The molecule has 1 unspecified atom stereocenters. The zero-order chi connectivity index (χ0) is 17.4. The summed E-state index contributed by atoms with van der Waals surface area (Å²) in [6, 6.07) is 15.9. The summed E-state index contributed by atoms with van der Waals surface area (Å²) in [5.41, 5.74) is 1.66. The smallest absolute Gasteiger partial charge is 0.545 e. The van der Waals surface area contributed by atoms with Gasteiger partial charge in [0.1, 0.15) is 6.10 Å². The van der Waals surface area contributed by atoms with E-state index in [1.165, 1.54) is 19.2 Å². The van der Waals surface area contributed by atoms with E-state index in [1.54, 1.807) is 12.1 Å². The van der Waals surface area contributed by atoms with E-state index in [-0.39, 0.29) is 37.6 Å². The molecule has 0 aliphatic carbocycles. The van der Waals surface area contributed by atoms with Crippen molar-refractivity contribution in [3.8, 4) is 0 Å². The van der Waals surface area contributed by atoms with Gasteiger partial charge in [-0.2, -0.15) is 0 Å². The minimum atomic E-state index is -1.24. The summed E-state index contributed by atoms with van der Waals surface area (Å²) >= 11 is 0. The molecule has 0 bridgehead atoms. The summed E-state index contributed by atoms with van der Waals surface area (Å²) < 4.78 is 10.4. The maximum absolute atomic E-state index is 11.1. The summed E-state index contributed by atoms with van der Waals surface area (Å²) in [6.07, 6.45) is -0.987. The van der Waals surface area contributed by atoms with Crippen LogP contribution in [0.1, 0.15) is 27.6 Å². The second-order valence-electron chi connectivity index (χ2n) is 4.99. The van der Waals surface area contributed by atoms with Crippen LogP contribution in [0.5, 0.6) is 0 Å². The van der Waals surface area contributed by atoms with Gasteiger partial charge in [-0.25, -0.2) is 4.79 Å². The Morgan fingerprint density at radius 2 is 1.76 bits per heavy atom. The number of methoxy groups -OCH3 is 1. The zero-order valence-corrected chi connectivity index (χ0v) is 14.2. The molecule has 1 atom stereocenters. The summed E-state index contributed by atoms with van der Waals surface area (Å²) in [7, 11) is 1.29. The Kier molecular flexibility index (Phi) is 8.79. The monoisotopic (exact) mass is 335 g/mol. The number of hydrogen-bond acceptors (Lipinski definition) is 5. The van der Waals surface area contributed by atoms with Crippen LogP contribution in [-0.4, -0.2) is 32.3 Å². The van der Waals surface area contributed by atoms with Crippen molar-refractivity contribution in [2.45, 2.75) is 6.10 Å². The molecule has 25 heavy (non-hydrogen) atoms. The fourth-order valence-electron chi connectivity index (χ4n) is 2.24. The molecule has 2 aromatic carbocycles. The second-order valence-corrected chi connectivity index (χ2v) is 4.99. The molecule has 0 spiro atoms. The van der Waals surface area contributed by atoms with Gasteiger partial charge in [-0.3, -0.25) is 0 Å². The van der Waals surface area contributed by atoms with Gasteiger partial charge in [0.25, 0.3) is 0 Å². The molecule has 0 saturated carbocycles. The number of alkyl carbamates (subject to hydrolysis) is 1. The standard InChI is InChI=1S/C18H19NO5.Li/c1-23-18(22)19-10-11-24-16(13-6-3-2-4-7-13)14-8-5-9-15(12-14)17(20)21;/h2-9,12,16H,10-11H2,1H3,(H,19,22)(H,20,21);/q;+1/p-1. The fourth-order valence-corrected chi connectivity index (χ4v) is 2.24. The Hall–Kier alpha value is -2.26. The summed E-state index contributed by atoms with van der Waals surface area (Å²) in [4.78, 5) is 22.1. The number of carboxylic acids is 1. The van der Waals surface area contributed by atoms with E-state index in [4.69, 9.17) is 4.74 Å². The molecule has 0 fully saturated rings. The zero-order valence-electron chi connectivity index (χ0n) is 14.2. The Labute approximate surface area is 158 Å². The normalized spacial score (nSPS) is 11.1. The van der Waals surface area contributed by atoms with Gasteiger partial charge in [-0.1, -0.05) is 48.5 Å². The summed E-state index contributed by atoms with van der Waals surface area (Å²) in [5.74, 6) is -1.24. The first kappa shape index (κ1) is 20.8. The van der Waals surface area contributed by atoms with Crippen LogP contribution in [0.2, 0.25) is 0 Å². The van der Waals surface area contributed by atoms with Crippen LogP contribution < -0.4 is 29.3 Å². The van der Waals surface area contributed by atoms with Gasteiger partial charge < -0.3 is 24.7 Å². The molecule has 0 aliphatic rings. The van der Waals surface area contributed by atoms with Crippen LogP contribution in [-0.2, 0) is 9.47 Å². The summed E-state index contributed by atoms with van der Waals surface area (Å²) in [6.45, 7) is 0.514. The van der Waals surface area contributed by atoms with E-state index in [1.807, 2.05) is 30.3 Å². The molecule has 1 N–H and O–H groups in total. The molecular formula is C18H18LiNO5. The van der Waals surface area contributed by atoms with Crippen LogP contribution >= 0.6 is 0 Å². The second kappa shape index (κ2) is 10.6. The van der Waals surface area contributed by atoms with Crippen LogP contribution in [0, 0.1) is 0 Å². The summed E-state index contributed by atoms with van der Waals surface area (Å²) in [5, 5.41) is 13.6. The molecule has 0 saturated heterocycles. The number of carbonyl (C=O) groups is 2. The molecule has 7 heteroatoms. The molecular weight excluding hydrogens is 317 g/mol.